The standard InChI is InChI=1S/C21H34O3/c1-3-5-6-7-8-9-10-11-12-20(22)19-15-13-18(14-16-19)17-21(23)24-4-2/h13-16,20,22H,3-12,17H2,1-2H3. The third kappa shape index (κ3) is 9.07. The van der Waals surface area contributed by atoms with Crippen molar-refractivity contribution in [2.75, 3.05) is 6.61 Å². The topological polar surface area (TPSA) is 46.5 Å². The van der Waals surface area contributed by atoms with Gasteiger partial charge in [-0.2, -0.15) is 0 Å². The van der Waals surface area contributed by atoms with Gasteiger partial charge in [0, 0.05) is 0 Å². The molecule has 0 spiro atoms. The van der Waals surface area contributed by atoms with Gasteiger partial charge in [0.1, 0.15) is 0 Å². The van der Waals surface area contributed by atoms with E-state index in [0.717, 1.165) is 24.0 Å². The lowest BCUT2D eigenvalue weighted by Crippen LogP contribution is -2.07. The molecule has 136 valence electrons. The first-order valence-electron chi connectivity index (χ1n) is 9.59. The molecule has 1 unspecified atom stereocenters. The number of aliphatic hydroxyl groups excluding tert-OH is 1. The molecule has 0 aliphatic rings. The Kier molecular flexibility index (Phi) is 11.2. The maximum Gasteiger partial charge on any atom is 0.310 e. The van der Waals surface area contributed by atoms with Gasteiger partial charge in [0.15, 0.2) is 0 Å². The predicted octanol–water partition coefficient (Wildman–Crippen LogP) is 5.36. The largest absolute Gasteiger partial charge is 0.466 e. The Morgan fingerprint density at radius 3 is 2.12 bits per heavy atom. The Hall–Kier alpha value is -1.35. The van der Waals surface area contributed by atoms with Gasteiger partial charge in [-0.3, -0.25) is 4.79 Å². The highest BCUT2D eigenvalue weighted by molar-refractivity contribution is 5.72. The molecule has 1 N–H and O–H groups in total. The first-order valence-corrected chi connectivity index (χ1v) is 9.59. The van der Waals surface area contributed by atoms with Gasteiger partial charge in [0.25, 0.3) is 0 Å². The molecule has 0 aliphatic heterocycles. The third-order valence-corrected chi connectivity index (χ3v) is 4.35. The highest BCUT2D eigenvalue weighted by atomic mass is 16.5. The minimum absolute atomic E-state index is 0.204. The van der Waals surface area contributed by atoms with Crippen molar-refractivity contribution in [3.8, 4) is 0 Å². The molecule has 3 nitrogen and oxygen atoms in total. The van der Waals surface area contributed by atoms with Gasteiger partial charge in [-0.05, 0) is 24.5 Å². The fraction of sp³-hybridized carbons (Fsp3) is 0.667. The van der Waals surface area contributed by atoms with Crippen LogP contribution in [0.1, 0.15) is 88.9 Å². The molecule has 1 rings (SSSR count). The van der Waals surface area contributed by atoms with Crippen molar-refractivity contribution in [3.63, 3.8) is 0 Å². The van der Waals surface area contributed by atoms with Gasteiger partial charge >= 0.3 is 5.97 Å². The number of hydrogen-bond acceptors (Lipinski definition) is 3. The summed E-state index contributed by atoms with van der Waals surface area (Å²) in [4.78, 5) is 11.4. The Morgan fingerprint density at radius 1 is 0.958 bits per heavy atom. The molecule has 1 aromatic carbocycles. The molecule has 0 heterocycles. The van der Waals surface area contributed by atoms with Crippen LogP contribution >= 0.6 is 0 Å². The molecule has 1 atom stereocenters. The van der Waals surface area contributed by atoms with Crippen molar-refractivity contribution in [1.29, 1.82) is 0 Å². The third-order valence-electron chi connectivity index (χ3n) is 4.35. The minimum atomic E-state index is -0.401. The molecule has 0 saturated carbocycles. The number of aliphatic hydroxyl groups is 1. The predicted molar refractivity (Wildman–Crippen MR) is 99.0 cm³/mol. The van der Waals surface area contributed by atoms with Crippen LogP contribution in [0.4, 0.5) is 0 Å². The molecule has 0 fully saturated rings. The first-order chi connectivity index (χ1) is 11.7. The Bertz CT molecular complexity index is 439. The number of carbonyl (C=O) groups is 1. The minimum Gasteiger partial charge on any atom is -0.466 e. The number of ether oxygens (including phenoxy) is 1. The molecule has 0 saturated heterocycles. The SMILES string of the molecule is CCCCCCCCCCC(O)c1ccc(CC(=O)OCC)cc1. The van der Waals surface area contributed by atoms with Crippen LogP contribution in [0.2, 0.25) is 0 Å². The monoisotopic (exact) mass is 334 g/mol. The molecule has 24 heavy (non-hydrogen) atoms. The van der Waals surface area contributed by atoms with Gasteiger partial charge in [0.05, 0.1) is 19.1 Å². The Morgan fingerprint density at radius 2 is 1.54 bits per heavy atom. The van der Waals surface area contributed by atoms with Gasteiger partial charge in [-0.25, -0.2) is 0 Å². The second-order valence-electron chi connectivity index (χ2n) is 6.50. The highest BCUT2D eigenvalue weighted by Gasteiger charge is 2.09. The number of benzene rings is 1. The Labute approximate surface area is 147 Å². The van der Waals surface area contributed by atoms with Crippen LogP contribution in [-0.4, -0.2) is 17.7 Å². The van der Waals surface area contributed by atoms with Crippen molar-refractivity contribution in [2.45, 2.75) is 84.2 Å². The summed E-state index contributed by atoms with van der Waals surface area (Å²) in [6.45, 7) is 4.46. The normalized spacial score (nSPS) is 12.1. The van der Waals surface area contributed by atoms with E-state index in [9.17, 15) is 9.90 Å². The number of unbranched alkanes of at least 4 members (excludes halogenated alkanes) is 7. The number of hydrogen-bond donors (Lipinski definition) is 1. The van der Waals surface area contributed by atoms with Crippen LogP contribution in [0.3, 0.4) is 0 Å². The maximum absolute atomic E-state index is 11.4. The van der Waals surface area contributed by atoms with Gasteiger partial charge in [-0.15, -0.1) is 0 Å². The fourth-order valence-corrected chi connectivity index (χ4v) is 2.87. The molecule has 0 radical (unpaired) electrons. The Balaban J connectivity index is 2.20. The van der Waals surface area contributed by atoms with E-state index in [2.05, 4.69) is 6.92 Å². The first kappa shape index (κ1) is 20.7. The lowest BCUT2D eigenvalue weighted by molar-refractivity contribution is -0.142. The van der Waals surface area contributed by atoms with E-state index < -0.39 is 6.10 Å². The number of rotatable bonds is 13. The summed E-state index contributed by atoms with van der Waals surface area (Å²) in [5.41, 5.74) is 1.86. The zero-order valence-corrected chi connectivity index (χ0v) is 15.4. The number of carbonyl (C=O) groups excluding carboxylic acids is 1. The molecule has 0 bridgehead atoms. The van der Waals surface area contributed by atoms with Crippen LogP contribution in [0.15, 0.2) is 24.3 Å². The van der Waals surface area contributed by atoms with Gasteiger partial charge < -0.3 is 9.84 Å². The lowest BCUT2D eigenvalue weighted by Gasteiger charge is -2.11. The van der Waals surface area contributed by atoms with E-state index in [4.69, 9.17) is 4.74 Å². The lowest BCUT2D eigenvalue weighted by atomic mass is 10.00. The molecule has 0 amide bonds. The summed E-state index contributed by atoms with van der Waals surface area (Å²) in [6.07, 6.45) is 10.9. The van der Waals surface area contributed by atoms with E-state index in [1.54, 1.807) is 0 Å². The van der Waals surface area contributed by atoms with E-state index >= 15 is 0 Å². The van der Waals surface area contributed by atoms with Crippen LogP contribution in [0.5, 0.6) is 0 Å². The quantitative estimate of drug-likeness (QED) is 0.390. The summed E-state index contributed by atoms with van der Waals surface area (Å²) in [5.74, 6) is -0.204. The highest BCUT2D eigenvalue weighted by Crippen LogP contribution is 2.21. The van der Waals surface area contributed by atoms with Crippen molar-refractivity contribution in [3.05, 3.63) is 35.4 Å². The zero-order valence-electron chi connectivity index (χ0n) is 15.4. The number of esters is 1. The summed E-state index contributed by atoms with van der Waals surface area (Å²) in [5, 5.41) is 10.3. The van der Waals surface area contributed by atoms with Crippen molar-refractivity contribution in [1.82, 2.24) is 0 Å². The maximum atomic E-state index is 11.4. The molecule has 0 aromatic heterocycles. The van der Waals surface area contributed by atoms with Gasteiger partial charge in [-0.1, -0.05) is 82.6 Å². The molecular formula is C21H34O3. The van der Waals surface area contributed by atoms with Crippen LogP contribution in [-0.2, 0) is 16.0 Å². The molecule has 1 aromatic rings. The molecular weight excluding hydrogens is 300 g/mol. The van der Waals surface area contributed by atoms with Crippen LogP contribution in [0.25, 0.3) is 0 Å². The van der Waals surface area contributed by atoms with E-state index in [-0.39, 0.29) is 5.97 Å². The second kappa shape index (κ2) is 13.0. The smallest absolute Gasteiger partial charge is 0.310 e. The van der Waals surface area contributed by atoms with E-state index in [1.165, 1.54) is 44.9 Å². The fourth-order valence-electron chi connectivity index (χ4n) is 2.87. The zero-order chi connectivity index (χ0) is 17.6. The molecule has 0 aliphatic carbocycles. The summed E-state index contributed by atoms with van der Waals surface area (Å²) >= 11 is 0. The average Bonchev–Trinajstić information content (AvgIpc) is 2.58. The van der Waals surface area contributed by atoms with Crippen LogP contribution < -0.4 is 0 Å². The average molecular weight is 335 g/mol. The van der Waals surface area contributed by atoms with Crippen LogP contribution in [0, 0.1) is 0 Å². The van der Waals surface area contributed by atoms with Gasteiger partial charge in [0.2, 0.25) is 0 Å². The van der Waals surface area contributed by atoms with E-state index in [1.807, 2.05) is 31.2 Å². The van der Waals surface area contributed by atoms with Crippen molar-refractivity contribution < 1.29 is 14.6 Å². The molecule has 3 heteroatoms. The van der Waals surface area contributed by atoms with E-state index in [0.29, 0.717) is 13.0 Å². The van der Waals surface area contributed by atoms with Crippen molar-refractivity contribution >= 4 is 5.97 Å². The second-order valence-corrected chi connectivity index (χ2v) is 6.50. The summed E-state index contributed by atoms with van der Waals surface area (Å²) in [6, 6.07) is 7.65. The van der Waals surface area contributed by atoms with Crippen molar-refractivity contribution in [2.24, 2.45) is 0 Å². The summed E-state index contributed by atoms with van der Waals surface area (Å²) in [7, 11) is 0. The summed E-state index contributed by atoms with van der Waals surface area (Å²) < 4.78 is 4.94.